The van der Waals surface area contributed by atoms with E-state index in [1.807, 2.05) is 48.5 Å². The molecule has 47 heavy (non-hydrogen) atoms. The van der Waals surface area contributed by atoms with E-state index in [1.54, 1.807) is 0 Å². The molecule has 0 aromatic heterocycles. The van der Waals surface area contributed by atoms with Crippen molar-refractivity contribution in [2.24, 2.45) is 5.92 Å². The van der Waals surface area contributed by atoms with Gasteiger partial charge in [0.25, 0.3) is 0 Å². The van der Waals surface area contributed by atoms with E-state index < -0.39 is 36.1 Å². The van der Waals surface area contributed by atoms with Gasteiger partial charge in [0.05, 0.1) is 0 Å². The lowest BCUT2D eigenvalue weighted by Gasteiger charge is -2.41. The van der Waals surface area contributed by atoms with Crippen molar-refractivity contribution in [3.8, 4) is 11.5 Å². The van der Waals surface area contributed by atoms with Crippen LogP contribution in [0.2, 0.25) is 0 Å². The molecule has 0 saturated heterocycles. The molecule has 2 atom stereocenters. The normalized spacial score (nSPS) is 18.3. The maximum atomic E-state index is 11.8. The molecule has 2 unspecified atom stereocenters. The van der Waals surface area contributed by atoms with E-state index in [1.165, 1.54) is 0 Å². The second-order valence-electron chi connectivity index (χ2n) is 11.1. The van der Waals surface area contributed by atoms with Crippen LogP contribution in [0, 0.1) is 5.92 Å². The van der Waals surface area contributed by atoms with Gasteiger partial charge < -0.3 is 28.4 Å². The SMILES string of the molecule is C=CC(=O)OCC(COc1ccc(C2(c3ccc(OCC(COC(=O)C=C)OC(=O)C=C)cc3)CCC(C)CC2)cc1)OC(=O)C=C. The van der Waals surface area contributed by atoms with E-state index >= 15 is 0 Å². The molecule has 1 fully saturated rings. The van der Waals surface area contributed by atoms with Crippen LogP contribution < -0.4 is 9.47 Å². The molecule has 0 aliphatic heterocycles. The minimum absolute atomic E-state index is 0.0300. The number of benzene rings is 2. The lowest BCUT2D eigenvalue weighted by atomic mass is 9.63. The number of carbonyl (C=O) groups is 4. The van der Waals surface area contributed by atoms with Crippen molar-refractivity contribution < 1.29 is 47.6 Å². The van der Waals surface area contributed by atoms with Crippen LogP contribution in [0.25, 0.3) is 0 Å². The highest BCUT2D eigenvalue weighted by atomic mass is 16.6. The predicted octanol–water partition coefficient (Wildman–Crippen LogP) is 5.59. The van der Waals surface area contributed by atoms with Gasteiger partial charge in [-0.15, -0.1) is 0 Å². The minimum Gasteiger partial charge on any atom is -0.490 e. The highest BCUT2D eigenvalue weighted by molar-refractivity contribution is 5.82. The summed E-state index contributed by atoms with van der Waals surface area (Å²) < 4.78 is 32.4. The Bertz CT molecular complexity index is 1300. The highest BCUT2D eigenvalue weighted by Gasteiger charge is 2.37. The molecule has 0 spiro atoms. The van der Waals surface area contributed by atoms with E-state index in [0.717, 1.165) is 61.1 Å². The summed E-state index contributed by atoms with van der Waals surface area (Å²) in [4.78, 5) is 46.5. The third-order valence-electron chi connectivity index (χ3n) is 7.87. The van der Waals surface area contributed by atoms with Crippen molar-refractivity contribution in [3.05, 3.63) is 110 Å². The fraction of sp³-hybridized carbons (Fsp3) is 0.351. The Labute approximate surface area is 275 Å². The zero-order valence-electron chi connectivity index (χ0n) is 26.7. The van der Waals surface area contributed by atoms with Crippen molar-refractivity contribution >= 4 is 23.9 Å². The summed E-state index contributed by atoms with van der Waals surface area (Å²) >= 11 is 0. The third-order valence-corrected chi connectivity index (χ3v) is 7.87. The summed E-state index contributed by atoms with van der Waals surface area (Å²) in [5, 5.41) is 0. The molecule has 250 valence electrons. The number of hydrogen-bond acceptors (Lipinski definition) is 10. The van der Waals surface area contributed by atoms with Gasteiger partial charge in [-0.2, -0.15) is 0 Å². The maximum Gasteiger partial charge on any atom is 0.330 e. The average Bonchev–Trinajstić information content (AvgIpc) is 3.10. The Hall–Kier alpha value is -5.12. The number of ether oxygens (including phenoxy) is 6. The van der Waals surface area contributed by atoms with Gasteiger partial charge in [-0.3, -0.25) is 0 Å². The van der Waals surface area contributed by atoms with Gasteiger partial charge in [0.15, 0.2) is 12.2 Å². The number of hydrogen-bond donors (Lipinski definition) is 0. The zero-order valence-corrected chi connectivity index (χ0v) is 26.7. The third kappa shape index (κ3) is 11.0. The molecule has 2 aromatic rings. The molecule has 1 aliphatic rings. The smallest absolute Gasteiger partial charge is 0.330 e. The number of esters is 4. The van der Waals surface area contributed by atoms with Gasteiger partial charge in [0.2, 0.25) is 0 Å². The molecule has 0 N–H and O–H groups in total. The van der Waals surface area contributed by atoms with E-state index in [4.69, 9.17) is 28.4 Å². The first-order valence-electron chi connectivity index (χ1n) is 15.3. The topological polar surface area (TPSA) is 124 Å². The van der Waals surface area contributed by atoms with E-state index in [-0.39, 0.29) is 31.8 Å². The first-order chi connectivity index (χ1) is 22.6. The van der Waals surface area contributed by atoms with E-state index in [0.29, 0.717) is 17.4 Å². The van der Waals surface area contributed by atoms with Crippen LogP contribution in [0.15, 0.2) is 99.2 Å². The van der Waals surface area contributed by atoms with Crippen LogP contribution in [0.1, 0.15) is 43.7 Å². The summed E-state index contributed by atoms with van der Waals surface area (Å²) in [5.41, 5.74) is 2.05. The van der Waals surface area contributed by atoms with Crippen LogP contribution in [0.3, 0.4) is 0 Å². The summed E-state index contributed by atoms with van der Waals surface area (Å²) in [6, 6.07) is 15.7. The molecule has 0 bridgehead atoms. The average molecular weight is 647 g/mol. The molecule has 10 nitrogen and oxygen atoms in total. The van der Waals surface area contributed by atoms with Gasteiger partial charge >= 0.3 is 23.9 Å². The molecule has 0 radical (unpaired) electrons. The summed E-state index contributed by atoms with van der Waals surface area (Å²) in [5.74, 6) is -0.828. The van der Waals surface area contributed by atoms with Crippen LogP contribution >= 0.6 is 0 Å². The standard InChI is InChI=1S/C37H42O10/c1-6-33(38)44-24-31(46-35(40)8-3)22-42-29-14-10-27(11-15-29)37(20-18-26(5)19-21-37)28-12-16-30(17-13-28)43-23-32(47-36(41)9-4)25-45-34(39)7-2/h6-17,26,31-32H,1-4,18-25H2,5H3. The molecule has 3 rings (SSSR count). The van der Waals surface area contributed by atoms with Gasteiger partial charge in [0, 0.05) is 29.7 Å². The molecular formula is C37H42O10. The summed E-state index contributed by atoms with van der Waals surface area (Å²) in [6.45, 7) is 15.3. The Kier molecular flexibility index (Phi) is 14.0. The minimum atomic E-state index is -0.831. The van der Waals surface area contributed by atoms with Gasteiger partial charge in [-0.05, 0) is 67.0 Å². The first kappa shape index (κ1) is 36.3. The summed E-state index contributed by atoms with van der Waals surface area (Å²) in [7, 11) is 0. The predicted molar refractivity (Wildman–Crippen MR) is 175 cm³/mol. The Balaban J connectivity index is 1.73. The molecule has 0 heterocycles. The highest BCUT2D eigenvalue weighted by Crippen LogP contribution is 2.47. The second kappa shape index (κ2) is 18.1. The number of rotatable bonds is 18. The van der Waals surface area contributed by atoms with Crippen molar-refractivity contribution in [1.82, 2.24) is 0 Å². The fourth-order valence-corrected chi connectivity index (χ4v) is 5.24. The van der Waals surface area contributed by atoms with E-state index in [9.17, 15) is 19.2 Å². The Morgan fingerprint density at radius 3 is 1.34 bits per heavy atom. The van der Waals surface area contributed by atoms with Crippen molar-refractivity contribution in [3.63, 3.8) is 0 Å². The van der Waals surface area contributed by atoms with Crippen LogP contribution in [-0.4, -0.2) is 62.5 Å². The van der Waals surface area contributed by atoms with Gasteiger partial charge in [0.1, 0.15) is 37.9 Å². The zero-order chi connectivity index (χ0) is 34.2. The van der Waals surface area contributed by atoms with Crippen molar-refractivity contribution in [2.75, 3.05) is 26.4 Å². The monoisotopic (exact) mass is 646 g/mol. The largest absolute Gasteiger partial charge is 0.490 e. The van der Waals surface area contributed by atoms with Crippen molar-refractivity contribution in [1.29, 1.82) is 0 Å². The van der Waals surface area contributed by atoms with E-state index in [2.05, 4.69) is 33.2 Å². The first-order valence-corrected chi connectivity index (χ1v) is 15.3. The quantitative estimate of drug-likeness (QED) is 0.115. The van der Waals surface area contributed by atoms with Crippen LogP contribution in [0.5, 0.6) is 11.5 Å². The molecule has 10 heteroatoms. The molecule has 1 saturated carbocycles. The Morgan fingerprint density at radius 2 is 1.00 bits per heavy atom. The Morgan fingerprint density at radius 1 is 0.638 bits per heavy atom. The lowest BCUT2D eigenvalue weighted by molar-refractivity contribution is -0.154. The second-order valence-corrected chi connectivity index (χ2v) is 11.1. The van der Waals surface area contributed by atoms with Crippen LogP contribution in [0.4, 0.5) is 0 Å². The molecule has 2 aromatic carbocycles. The lowest BCUT2D eigenvalue weighted by Crippen LogP contribution is -2.32. The van der Waals surface area contributed by atoms with Crippen LogP contribution in [-0.2, 0) is 43.5 Å². The van der Waals surface area contributed by atoms with Gasteiger partial charge in [-0.1, -0.05) is 57.5 Å². The summed E-state index contributed by atoms with van der Waals surface area (Å²) in [6.07, 6.45) is 6.49. The molecule has 0 amide bonds. The fourth-order valence-electron chi connectivity index (χ4n) is 5.24. The van der Waals surface area contributed by atoms with Crippen molar-refractivity contribution in [2.45, 2.75) is 50.2 Å². The molecular weight excluding hydrogens is 604 g/mol. The number of carbonyl (C=O) groups excluding carboxylic acids is 4. The maximum absolute atomic E-state index is 11.8. The van der Waals surface area contributed by atoms with Gasteiger partial charge in [-0.25, -0.2) is 19.2 Å². The molecule has 1 aliphatic carbocycles.